The van der Waals surface area contributed by atoms with Gasteiger partial charge in [0.25, 0.3) is 0 Å². The van der Waals surface area contributed by atoms with Gasteiger partial charge in [0.1, 0.15) is 13.8 Å². The van der Waals surface area contributed by atoms with E-state index in [0.29, 0.717) is 0 Å². The molecule has 2 heteroatoms. The van der Waals surface area contributed by atoms with Gasteiger partial charge in [-0.1, -0.05) is 54.7 Å². The quantitative estimate of drug-likeness (QED) is 0.767. The molecule has 0 spiro atoms. The van der Waals surface area contributed by atoms with Crippen LogP contribution in [0.5, 0.6) is 5.75 Å². The van der Waals surface area contributed by atoms with Crippen molar-refractivity contribution in [3.05, 3.63) is 59.7 Å². The molecule has 0 aromatic heterocycles. The van der Waals surface area contributed by atoms with E-state index in [1.54, 1.807) is 0 Å². The normalized spacial score (nSPS) is 11.4. The summed E-state index contributed by atoms with van der Waals surface area (Å²) in [4.78, 5) is 0. The highest BCUT2D eigenvalue weighted by molar-refractivity contribution is 6.89. The largest absolute Gasteiger partial charge is 0.497 e. The predicted octanol–water partition coefficient (Wildman–Crippen LogP) is 3.84. The monoisotopic (exact) mass is 270 g/mol. The van der Waals surface area contributed by atoms with Gasteiger partial charge in [-0.2, -0.15) is 0 Å². The van der Waals surface area contributed by atoms with Crippen LogP contribution in [-0.2, 0) is 0 Å². The third kappa shape index (κ3) is 3.48. The van der Waals surface area contributed by atoms with Crippen LogP contribution in [0, 0.1) is 13.8 Å². The van der Waals surface area contributed by atoms with Gasteiger partial charge in [-0.15, -0.1) is 0 Å². The fraction of sp³-hybridized carbons (Fsp3) is 0.294. The van der Waals surface area contributed by atoms with Gasteiger partial charge >= 0.3 is 0 Å². The lowest BCUT2D eigenvalue weighted by atomic mass is 10.1. The van der Waals surface area contributed by atoms with Crippen LogP contribution in [-0.4, -0.2) is 14.3 Å². The van der Waals surface area contributed by atoms with Gasteiger partial charge in [0, 0.05) is 0 Å². The maximum atomic E-state index is 6.02. The second kappa shape index (κ2) is 5.62. The molecule has 0 unspecified atom stereocenters. The maximum absolute atomic E-state index is 6.02. The number of aryl methyl sites for hydroxylation is 2. The van der Waals surface area contributed by atoms with E-state index in [2.05, 4.69) is 75.5 Å². The number of rotatable bonds is 4. The van der Waals surface area contributed by atoms with E-state index in [0.717, 1.165) is 12.0 Å². The minimum atomic E-state index is -1.52. The standard InChI is InChI=1S/C17H22OSi/c1-14-10-11-16(12-15(14)2)18-13-19(3,4)17-8-6-5-7-9-17/h5-12H,13H2,1-4H3. The fourth-order valence-electron chi connectivity index (χ4n) is 2.04. The number of hydrogen-bond acceptors (Lipinski definition) is 1. The number of hydrogen-bond donors (Lipinski definition) is 0. The molecule has 0 amide bonds. The molecule has 2 rings (SSSR count). The summed E-state index contributed by atoms with van der Waals surface area (Å²) in [7, 11) is -1.52. The Morgan fingerprint density at radius 2 is 1.58 bits per heavy atom. The fourth-order valence-corrected chi connectivity index (χ4v) is 3.83. The molecule has 0 radical (unpaired) electrons. The van der Waals surface area contributed by atoms with E-state index in [1.165, 1.54) is 16.3 Å². The Kier molecular flexibility index (Phi) is 4.10. The van der Waals surface area contributed by atoms with Gasteiger partial charge in [-0.3, -0.25) is 0 Å². The highest BCUT2D eigenvalue weighted by atomic mass is 28.3. The van der Waals surface area contributed by atoms with Gasteiger partial charge in [0.05, 0.1) is 6.23 Å². The molecule has 0 heterocycles. The Labute approximate surface area is 117 Å². The molecule has 0 bridgehead atoms. The zero-order chi connectivity index (χ0) is 13.9. The van der Waals surface area contributed by atoms with Crippen molar-refractivity contribution in [2.75, 3.05) is 6.23 Å². The van der Waals surface area contributed by atoms with Crippen LogP contribution >= 0.6 is 0 Å². The van der Waals surface area contributed by atoms with Crippen molar-refractivity contribution in [3.63, 3.8) is 0 Å². The van der Waals surface area contributed by atoms with Crippen molar-refractivity contribution >= 4 is 13.3 Å². The maximum Gasteiger partial charge on any atom is 0.124 e. The first kappa shape index (κ1) is 13.9. The van der Waals surface area contributed by atoms with Crippen molar-refractivity contribution in [1.82, 2.24) is 0 Å². The summed E-state index contributed by atoms with van der Waals surface area (Å²) in [5, 5.41) is 1.44. The third-order valence-electron chi connectivity index (χ3n) is 3.63. The second-order valence-corrected chi connectivity index (χ2v) is 10.4. The van der Waals surface area contributed by atoms with Crippen molar-refractivity contribution in [2.45, 2.75) is 26.9 Å². The summed E-state index contributed by atoms with van der Waals surface area (Å²) < 4.78 is 6.02. The molecular weight excluding hydrogens is 248 g/mol. The van der Waals surface area contributed by atoms with Gasteiger partial charge in [-0.05, 0) is 37.1 Å². The van der Waals surface area contributed by atoms with Crippen molar-refractivity contribution in [2.24, 2.45) is 0 Å². The Morgan fingerprint density at radius 3 is 2.21 bits per heavy atom. The molecule has 0 atom stereocenters. The summed E-state index contributed by atoms with van der Waals surface area (Å²) >= 11 is 0. The third-order valence-corrected chi connectivity index (χ3v) is 6.40. The number of ether oxygens (including phenoxy) is 1. The first-order chi connectivity index (χ1) is 8.99. The Bertz CT molecular complexity index is 546. The molecule has 0 saturated heterocycles. The average Bonchev–Trinajstić information content (AvgIpc) is 2.41. The lowest BCUT2D eigenvalue weighted by molar-refractivity contribution is 0.379. The average molecular weight is 270 g/mol. The number of benzene rings is 2. The van der Waals surface area contributed by atoms with Crippen LogP contribution in [0.25, 0.3) is 0 Å². The highest BCUT2D eigenvalue weighted by Gasteiger charge is 2.24. The summed E-state index contributed by atoms with van der Waals surface area (Å²) in [5.74, 6) is 0.986. The molecule has 2 aromatic carbocycles. The summed E-state index contributed by atoms with van der Waals surface area (Å²) in [5.41, 5.74) is 2.60. The predicted molar refractivity (Wildman–Crippen MR) is 85.0 cm³/mol. The van der Waals surface area contributed by atoms with Crippen LogP contribution in [0.2, 0.25) is 13.1 Å². The van der Waals surface area contributed by atoms with Crippen molar-refractivity contribution in [3.8, 4) is 5.75 Å². The minimum Gasteiger partial charge on any atom is -0.497 e. The van der Waals surface area contributed by atoms with E-state index < -0.39 is 8.07 Å². The molecule has 0 saturated carbocycles. The lowest BCUT2D eigenvalue weighted by Crippen LogP contribution is -2.47. The van der Waals surface area contributed by atoms with Crippen LogP contribution in [0.3, 0.4) is 0 Å². The van der Waals surface area contributed by atoms with Gasteiger partial charge in [-0.25, -0.2) is 0 Å². The second-order valence-electron chi connectivity index (χ2n) is 5.78. The molecule has 0 fully saturated rings. The Balaban J connectivity index is 2.07. The SMILES string of the molecule is Cc1ccc(OC[Si](C)(C)c2ccccc2)cc1C. The van der Waals surface area contributed by atoms with E-state index in [-0.39, 0.29) is 0 Å². The van der Waals surface area contributed by atoms with Crippen LogP contribution in [0.15, 0.2) is 48.5 Å². The summed E-state index contributed by atoms with van der Waals surface area (Å²) in [6, 6.07) is 17.1. The molecule has 19 heavy (non-hydrogen) atoms. The smallest absolute Gasteiger partial charge is 0.124 e. The summed E-state index contributed by atoms with van der Waals surface area (Å²) in [6.07, 6.45) is 0.819. The first-order valence-corrected chi connectivity index (χ1v) is 9.95. The van der Waals surface area contributed by atoms with Crippen molar-refractivity contribution < 1.29 is 4.74 Å². The molecular formula is C17H22OSi. The van der Waals surface area contributed by atoms with Crippen LogP contribution in [0.4, 0.5) is 0 Å². The Morgan fingerprint density at radius 1 is 0.895 bits per heavy atom. The molecule has 0 aliphatic carbocycles. The molecule has 100 valence electrons. The van der Waals surface area contributed by atoms with E-state index in [1.807, 2.05) is 0 Å². The van der Waals surface area contributed by atoms with Crippen molar-refractivity contribution in [1.29, 1.82) is 0 Å². The topological polar surface area (TPSA) is 9.23 Å². The molecule has 1 nitrogen and oxygen atoms in total. The molecule has 0 N–H and O–H groups in total. The highest BCUT2D eigenvalue weighted by Crippen LogP contribution is 2.17. The van der Waals surface area contributed by atoms with Gasteiger partial charge in [0.15, 0.2) is 0 Å². The molecule has 2 aromatic rings. The molecule has 0 aliphatic heterocycles. The summed E-state index contributed by atoms with van der Waals surface area (Å²) in [6.45, 7) is 8.95. The Hall–Kier alpha value is -1.54. The minimum absolute atomic E-state index is 0.819. The lowest BCUT2D eigenvalue weighted by Gasteiger charge is -2.23. The van der Waals surface area contributed by atoms with Gasteiger partial charge < -0.3 is 4.74 Å². The first-order valence-electron chi connectivity index (χ1n) is 6.75. The van der Waals surface area contributed by atoms with E-state index >= 15 is 0 Å². The zero-order valence-corrected chi connectivity index (χ0v) is 13.2. The zero-order valence-electron chi connectivity index (χ0n) is 12.2. The molecule has 0 aliphatic rings. The van der Waals surface area contributed by atoms with E-state index in [4.69, 9.17) is 4.74 Å². The van der Waals surface area contributed by atoms with Crippen LogP contribution in [0.1, 0.15) is 11.1 Å². The van der Waals surface area contributed by atoms with Gasteiger partial charge in [0.2, 0.25) is 0 Å². The van der Waals surface area contributed by atoms with E-state index in [9.17, 15) is 0 Å². The van der Waals surface area contributed by atoms with Crippen LogP contribution < -0.4 is 9.92 Å².